The molecule has 4 heteroatoms. The molecule has 1 aromatic rings. The number of ether oxygens (including phenoxy) is 2. The highest BCUT2D eigenvalue weighted by Crippen LogP contribution is 2.38. The lowest BCUT2D eigenvalue weighted by molar-refractivity contribution is -0.0859. The Balaban J connectivity index is 1.60. The van der Waals surface area contributed by atoms with Crippen molar-refractivity contribution in [1.29, 1.82) is 0 Å². The Kier molecular flexibility index (Phi) is 3.51. The van der Waals surface area contributed by atoms with Crippen molar-refractivity contribution in [3.63, 3.8) is 0 Å². The van der Waals surface area contributed by atoms with E-state index in [0.717, 1.165) is 52.2 Å². The van der Waals surface area contributed by atoms with Gasteiger partial charge in [0.25, 0.3) is 0 Å². The molecule has 3 aliphatic rings. The zero-order valence-electron chi connectivity index (χ0n) is 12.5. The molecule has 2 fully saturated rings. The topological polar surface area (TPSA) is 33.7 Å². The van der Waals surface area contributed by atoms with Crippen LogP contribution in [0, 0.1) is 0 Å². The zero-order chi connectivity index (χ0) is 14.1. The molecule has 0 aromatic heterocycles. The monoisotopic (exact) mass is 288 g/mol. The van der Waals surface area contributed by atoms with E-state index in [9.17, 15) is 0 Å². The van der Waals surface area contributed by atoms with E-state index in [1.54, 1.807) is 0 Å². The number of benzene rings is 1. The predicted molar refractivity (Wildman–Crippen MR) is 84.0 cm³/mol. The normalized spacial score (nSPS) is 32.6. The molecule has 114 valence electrons. The minimum atomic E-state index is -0.0163. The number of nitrogens with zero attached hydrogens (tertiary/aromatic N) is 1. The van der Waals surface area contributed by atoms with Gasteiger partial charge in [-0.15, -0.1) is 0 Å². The molecule has 2 atom stereocenters. The van der Waals surface area contributed by atoms with E-state index in [4.69, 9.17) is 9.47 Å². The highest BCUT2D eigenvalue weighted by Gasteiger charge is 2.42. The van der Waals surface area contributed by atoms with Crippen LogP contribution >= 0.6 is 0 Å². The summed E-state index contributed by atoms with van der Waals surface area (Å²) in [5, 5.41) is 3.56. The third kappa shape index (κ3) is 2.51. The number of hydrogen-bond donors (Lipinski definition) is 1. The molecule has 3 heterocycles. The van der Waals surface area contributed by atoms with Crippen LogP contribution < -0.4 is 10.2 Å². The number of fused-ring (bicyclic) bond motifs is 1. The first-order valence-electron chi connectivity index (χ1n) is 8.18. The van der Waals surface area contributed by atoms with Crippen LogP contribution in [0.2, 0.25) is 0 Å². The highest BCUT2D eigenvalue weighted by molar-refractivity contribution is 5.71. The van der Waals surface area contributed by atoms with Gasteiger partial charge in [0.05, 0.1) is 23.6 Å². The van der Waals surface area contributed by atoms with Gasteiger partial charge in [-0.05, 0) is 31.4 Å². The Hall–Kier alpha value is -1.26. The molecule has 4 nitrogen and oxygen atoms in total. The van der Waals surface area contributed by atoms with Crippen LogP contribution in [0.15, 0.2) is 24.3 Å². The molecule has 0 radical (unpaired) electrons. The Labute approximate surface area is 126 Å². The minimum Gasteiger partial charge on any atom is -0.383 e. The molecule has 2 saturated heterocycles. The van der Waals surface area contributed by atoms with Crippen molar-refractivity contribution in [3.05, 3.63) is 24.3 Å². The number of rotatable bonds is 1. The molecule has 1 aromatic carbocycles. The van der Waals surface area contributed by atoms with Crippen molar-refractivity contribution in [3.8, 4) is 0 Å². The summed E-state index contributed by atoms with van der Waals surface area (Å²) >= 11 is 0. The van der Waals surface area contributed by atoms with E-state index in [-0.39, 0.29) is 5.60 Å². The molecule has 0 aliphatic carbocycles. The van der Waals surface area contributed by atoms with Gasteiger partial charge in [-0.3, -0.25) is 0 Å². The number of anilines is 2. The Morgan fingerprint density at radius 3 is 3.10 bits per heavy atom. The van der Waals surface area contributed by atoms with Gasteiger partial charge in [-0.25, -0.2) is 0 Å². The molecular weight excluding hydrogens is 264 g/mol. The van der Waals surface area contributed by atoms with E-state index >= 15 is 0 Å². The van der Waals surface area contributed by atoms with Gasteiger partial charge in [-0.1, -0.05) is 12.1 Å². The van der Waals surface area contributed by atoms with Crippen molar-refractivity contribution in [2.75, 3.05) is 43.1 Å². The fraction of sp³-hybridized carbons (Fsp3) is 0.647. The highest BCUT2D eigenvalue weighted by atomic mass is 16.6. The quantitative estimate of drug-likeness (QED) is 0.861. The van der Waals surface area contributed by atoms with Crippen molar-refractivity contribution < 1.29 is 9.47 Å². The average molecular weight is 288 g/mol. The number of para-hydroxylation sites is 2. The van der Waals surface area contributed by atoms with Crippen LogP contribution in [0.3, 0.4) is 0 Å². The Bertz CT molecular complexity index is 499. The van der Waals surface area contributed by atoms with Crippen molar-refractivity contribution in [2.45, 2.75) is 37.3 Å². The first kappa shape index (κ1) is 13.4. The van der Waals surface area contributed by atoms with Crippen LogP contribution in [0.25, 0.3) is 0 Å². The molecule has 4 rings (SSSR count). The van der Waals surface area contributed by atoms with Gasteiger partial charge in [0, 0.05) is 38.8 Å². The minimum absolute atomic E-state index is 0.0163. The summed E-state index contributed by atoms with van der Waals surface area (Å²) in [5.74, 6) is 0. The molecule has 3 aliphatic heterocycles. The first-order chi connectivity index (χ1) is 10.4. The molecule has 0 amide bonds. The molecule has 1 spiro atoms. The Morgan fingerprint density at radius 2 is 2.19 bits per heavy atom. The summed E-state index contributed by atoms with van der Waals surface area (Å²) in [5.41, 5.74) is 2.62. The third-order valence-electron chi connectivity index (χ3n) is 5.08. The van der Waals surface area contributed by atoms with E-state index in [1.165, 1.54) is 17.8 Å². The standard InChI is InChI=1S/C17H24N2O2/c1-2-5-16-15(4-1)18-8-3-9-19(16)14-6-10-21-17(12-14)7-11-20-13-17/h1-2,4-5,14,18H,3,6-13H2. The molecule has 0 saturated carbocycles. The van der Waals surface area contributed by atoms with Gasteiger partial charge in [0.1, 0.15) is 0 Å². The van der Waals surface area contributed by atoms with Gasteiger partial charge in [-0.2, -0.15) is 0 Å². The van der Waals surface area contributed by atoms with Crippen LogP contribution in [0.1, 0.15) is 25.7 Å². The maximum absolute atomic E-state index is 6.10. The van der Waals surface area contributed by atoms with Gasteiger partial charge in [0.15, 0.2) is 0 Å². The fourth-order valence-electron chi connectivity index (χ4n) is 3.98. The second kappa shape index (κ2) is 5.50. The van der Waals surface area contributed by atoms with E-state index in [0.29, 0.717) is 6.04 Å². The molecule has 2 unspecified atom stereocenters. The second-order valence-corrected chi connectivity index (χ2v) is 6.47. The van der Waals surface area contributed by atoms with Crippen molar-refractivity contribution >= 4 is 11.4 Å². The first-order valence-corrected chi connectivity index (χ1v) is 8.18. The van der Waals surface area contributed by atoms with Gasteiger partial charge < -0.3 is 19.7 Å². The van der Waals surface area contributed by atoms with E-state index < -0.39 is 0 Å². The largest absolute Gasteiger partial charge is 0.383 e. The molecule has 0 bridgehead atoms. The summed E-state index contributed by atoms with van der Waals surface area (Å²) in [7, 11) is 0. The third-order valence-corrected chi connectivity index (χ3v) is 5.08. The SMILES string of the molecule is c1ccc2c(c1)NCCCN2C1CCOC2(CCOC2)C1. The summed E-state index contributed by atoms with van der Waals surface area (Å²) in [4.78, 5) is 2.61. The van der Waals surface area contributed by atoms with Crippen LogP contribution in [0.5, 0.6) is 0 Å². The van der Waals surface area contributed by atoms with Crippen molar-refractivity contribution in [1.82, 2.24) is 0 Å². The Morgan fingerprint density at radius 1 is 1.24 bits per heavy atom. The fourth-order valence-corrected chi connectivity index (χ4v) is 3.98. The summed E-state index contributed by atoms with van der Waals surface area (Å²) in [6.45, 7) is 4.68. The summed E-state index contributed by atoms with van der Waals surface area (Å²) < 4.78 is 11.7. The maximum atomic E-state index is 6.10. The number of nitrogens with one attached hydrogen (secondary N) is 1. The second-order valence-electron chi connectivity index (χ2n) is 6.47. The lowest BCUT2D eigenvalue weighted by Crippen LogP contribution is -2.49. The maximum Gasteiger partial charge on any atom is 0.0956 e. The van der Waals surface area contributed by atoms with E-state index in [2.05, 4.69) is 34.5 Å². The lowest BCUT2D eigenvalue weighted by Gasteiger charge is -2.43. The zero-order valence-corrected chi connectivity index (χ0v) is 12.5. The van der Waals surface area contributed by atoms with Gasteiger partial charge >= 0.3 is 0 Å². The van der Waals surface area contributed by atoms with Crippen LogP contribution in [-0.4, -0.2) is 44.6 Å². The van der Waals surface area contributed by atoms with Crippen LogP contribution in [0.4, 0.5) is 11.4 Å². The average Bonchev–Trinajstić information content (AvgIpc) is 2.85. The van der Waals surface area contributed by atoms with E-state index in [1.807, 2.05) is 0 Å². The van der Waals surface area contributed by atoms with Crippen LogP contribution in [-0.2, 0) is 9.47 Å². The molecular formula is C17H24N2O2. The van der Waals surface area contributed by atoms with Crippen molar-refractivity contribution in [2.24, 2.45) is 0 Å². The predicted octanol–water partition coefficient (Wildman–Crippen LogP) is 2.65. The smallest absolute Gasteiger partial charge is 0.0956 e. The summed E-state index contributed by atoms with van der Waals surface area (Å²) in [6.07, 6.45) is 4.46. The molecule has 21 heavy (non-hydrogen) atoms. The van der Waals surface area contributed by atoms with Gasteiger partial charge in [0.2, 0.25) is 0 Å². The lowest BCUT2D eigenvalue weighted by atomic mass is 9.88. The summed E-state index contributed by atoms with van der Waals surface area (Å²) in [6, 6.07) is 9.28. The number of hydrogen-bond acceptors (Lipinski definition) is 4. The molecule has 1 N–H and O–H groups in total.